The minimum atomic E-state index is -0.00463. The zero-order chi connectivity index (χ0) is 12.8. The first-order valence-electron chi connectivity index (χ1n) is 7.22. The summed E-state index contributed by atoms with van der Waals surface area (Å²) in [5.74, 6) is 1.52. The van der Waals surface area contributed by atoms with Gasteiger partial charge in [0.25, 0.3) is 0 Å². The van der Waals surface area contributed by atoms with Crippen LogP contribution in [0.2, 0.25) is 0 Å². The highest BCUT2D eigenvalue weighted by molar-refractivity contribution is 5.05. The van der Waals surface area contributed by atoms with Crippen molar-refractivity contribution in [2.75, 3.05) is 7.05 Å². The molecule has 2 rings (SSSR count). The normalized spacial score (nSPS) is 40.2. The SMILES string of the molecule is CCCC1CCC2C(C(C)(C)ON2C)C1(C)C. The second-order valence-corrected chi connectivity index (χ2v) is 7.17. The lowest BCUT2D eigenvalue weighted by Gasteiger charge is -2.49. The first kappa shape index (κ1) is 13.4. The van der Waals surface area contributed by atoms with Crippen molar-refractivity contribution in [1.29, 1.82) is 0 Å². The van der Waals surface area contributed by atoms with Gasteiger partial charge in [-0.15, -0.1) is 0 Å². The van der Waals surface area contributed by atoms with Crippen molar-refractivity contribution in [2.45, 2.75) is 71.9 Å². The van der Waals surface area contributed by atoms with Crippen LogP contribution in [0.25, 0.3) is 0 Å². The van der Waals surface area contributed by atoms with Gasteiger partial charge in [-0.05, 0) is 38.0 Å². The Morgan fingerprint density at radius 2 is 1.82 bits per heavy atom. The highest BCUT2D eigenvalue weighted by Gasteiger charge is 2.57. The third-order valence-electron chi connectivity index (χ3n) is 5.28. The van der Waals surface area contributed by atoms with Crippen molar-refractivity contribution in [3.8, 4) is 0 Å². The van der Waals surface area contributed by atoms with Crippen LogP contribution in [0.15, 0.2) is 0 Å². The fourth-order valence-electron chi connectivity index (χ4n) is 4.77. The van der Waals surface area contributed by atoms with Crippen molar-refractivity contribution < 1.29 is 4.84 Å². The molecule has 0 aromatic carbocycles. The van der Waals surface area contributed by atoms with E-state index >= 15 is 0 Å². The second-order valence-electron chi connectivity index (χ2n) is 7.17. The molecule has 1 aliphatic heterocycles. The molecule has 0 radical (unpaired) electrons. The summed E-state index contributed by atoms with van der Waals surface area (Å²) in [6.07, 6.45) is 5.35. The van der Waals surface area contributed by atoms with Gasteiger partial charge < -0.3 is 0 Å². The Balaban J connectivity index is 2.28. The van der Waals surface area contributed by atoms with Crippen molar-refractivity contribution in [2.24, 2.45) is 17.3 Å². The van der Waals surface area contributed by atoms with E-state index in [0.29, 0.717) is 17.4 Å². The molecule has 2 nitrogen and oxygen atoms in total. The van der Waals surface area contributed by atoms with Gasteiger partial charge in [0, 0.05) is 19.0 Å². The van der Waals surface area contributed by atoms with Gasteiger partial charge in [-0.3, -0.25) is 4.84 Å². The smallest absolute Gasteiger partial charge is 0.0892 e. The van der Waals surface area contributed by atoms with Crippen LogP contribution in [0, 0.1) is 17.3 Å². The molecule has 1 saturated heterocycles. The molecule has 1 saturated carbocycles. The van der Waals surface area contributed by atoms with E-state index in [9.17, 15) is 0 Å². The van der Waals surface area contributed by atoms with E-state index in [-0.39, 0.29) is 5.60 Å². The van der Waals surface area contributed by atoms with Gasteiger partial charge in [0.05, 0.1) is 5.60 Å². The Kier molecular flexibility index (Phi) is 3.33. The molecule has 17 heavy (non-hydrogen) atoms. The molecule has 0 amide bonds. The second kappa shape index (κ2) is 4.24. The third kappa shape index (κ3) is 2.04. The van der Waals surface area contributed by atoms with Crippen molar-refractivity contribution >= 4 is 0 Å². The van der Waals surface area contributed by atoms with E-state index in [1.54, 1.807) is 0 Å². The monoisotopic (exact) mass is 239 g/mol. The molecule has 0 aromatic heterocycles. The van der Waals surface area contributed by atoms with Gasteiger partial charge in [-0.25, -0.2) is 0 Å². The first-order chi connectivity index (χ1) is 7.80. The van der Waals surface area contributed by atoms with Gasteiger partial charge in [-0.1, -0.05) is 33.6 Å². The van der Waals surface area contributed by atoms with E-state index in [0.717, 1.165) is 5.92 Å². The molecular formula is C15H29NO. The standard InChI is InChI=1S/C15H29NO/c1-7-8-11-9-10-12-13(14(11,2)3)15(4,5)17-16(12)6/h11-13H,7-10H2,1-6H3. The Morgan fingerprint density at radius 1 is 1.18 bits per heavy atom. The Hall–Kier alpha value is -0.0800. The molecule has 3 atom stereocenters. The van der Waals surface area contributed by atoms with Gasteiger partial charge in [-0.2, -0.15) is 5.06 Å². The summed E-state index contributed by atoms with van der Waals surface area (Å²) >= 11 is 0. The summed E-state index contributed by atoms with van der Waals surface area (Å²) < 4.78 is 0. The molecule has 3 unspecified atom stereocenters. The largest absolute Gasteiger partial charge is 0.293 e. The maximum Gasteiger partial charge on any atom is 0.0892 e. The minimum Gasteiger partial charge on any atom is -0.293 e. The third-order valence-corrected chi connectivity index (χ3v) is 5.28. The maximum absolute atomic E-state index is 6.09. The van der Waals surface area contributed by atoms with E-state index in [1.807, 2.05) is 0 Å². The fraction of sp³-hybridized carbons (Fsp3) is 1.00. The van der Waals surface area contributed by atoms with Crippen molar-refractivity contribution in [3.05, 3.63) is 0 Å². The summed E-state index contributed by atoms with van der Waals surface area (Å²) in [4.78, 5) is 6.09. The predicted octanol–water partition coefficient (Wildman–Crippen LogP) is 3.86. The zero-order valence-corrected chi connectivity index (χ0v) is 12.4. The molecule has 0 spiro atoms. The Morgan fingerprint density at radius 3 is 2.41 bits per heavy atom. The highest BCUT2D eigenvalue weighted by Crippen LogP contribution is 2.56. The van der Waals surface area contributed by atoms with E-state index in [1.165, 1.54) is 25.7 Å². The topological polar surface area (TPSA) is 12.5 Å². The average molecular weight is 239 g/mol. The number of rotatable bonds is 2. The molecule has 2 heteroatoms. The van der Waals surface area contributed by atoms with Crippen molar-refractivity contribution in [1.82, 2.24) is 5.06 Å². The van der Waals surface area contributed by atoms with Crippen LogP contribution in [0.3, 0.4) is 0 Å². The molecule has 1 aliphatic carbocycles. The van der Waals surface area contributed by atoms with Crippen molar-refractivity contribution in [3.63, 3.8) is 0 Å². The molecule has 100 valence electrons. The maximum atomic E-state index is 6.09. The summed E-state index contributed by atoms with van der Waals surface area (Å²) in [6.45, 7) is 11.8. The zero-order valence-electron chi connectivity index (χ0n) is 12.4. The molecular weight excluding hydrogens is 210 g/mol. The Bertz CT molecular complexity index is 285. The van der Waals surface area contributed by atoms with E-state index < -0.39 is 0 Å². The highest BCUT2D eigenvalue weighted by atomic mass is 16.7. The number of fused-ring (bicyclic) bond motifs is 1. The van der Waals surface area contributed by atoms with E-state index in [2.05, 4.69) is 46.7 Å². The Labute approximate surface area is 107 Å². The van der Waals surface area contributed by atoms with Crippen LogP contribution in [0.4, 0.5) is 0 Å². The number of hydroxylamine groups is 2. The van der Waals surface area contributed by atoms with Crippen LogP contribution < -0.4 is 0 Å². The summed E-state index contributed by atoms with van der Waals surface area (Å²) in [5, 5.41) is 2.13. The van der Waals surface area contributed by atoms with Crippen LogP contribution in [0.5, 0.6) is 0 Å². The van der Waals surface area contributed by atoms with Crippen LogP contribution in [-0.2, 0) is 4.84 Å². The molecule has 0 N–H and O–H groups in total. The van der Waals surface area contributed by atoms with E-state index in [4.69, 9.17) is 4.84 Å². The number of hydrogen-bond donors (Lipinski definition) is 0. The van der Waals surface area contributed by atoms with Crippen LogP contribution in [0.1, 0.15) is 60.3 Å². The quantitative estimate of drug-likeness (QED) is 0.725. The average Bonchev–Trinajstić information content (AvgIpc) is 2.42. The van der Waals surface area contributed by atoms with Gasteiger partial charge in [0.2, 0.25) is 0 Å². The molecule has 2 aliphatic rings. The summed E-state index contributed by atoms with van der Waals surface area (Å²) in [5.41, 5.74) is 0.391. The van der Waals surface area contributed by atoms with Gasteiger partial charge in [0.1, 0.15) is 0 Å². The molecule has 1 heterocycles. The lowest BCUT2D eigenvalue weighted by atomic mass is 9.55. The molecule has 2 fully saturated rings. The predicted molar refractivity (Wildman–Crippen MR) is 71.6 cm³/mol. The number of nitrogens with zero attached hydrogens (tertiary/aromatic N) is 1. The fourth-order valence-corrected chi connectivity index (χ4v) is 4.77. The van der Waals surface area contributed by atoms with Gasteiger partial charge >= 0.3 is 0 Å². The molecule has 0 aromatic rings. The van der Waals surface area contributed by atoms with Gasteiger partial charge in [0.15, 0.2) is 0 Å². The minimum absolute atomic E-state index is 0.00463. The van der Waals surface area contributed by atoms with Crippen LogP contribution in [-0.4, -0.2) is 23.8 Å². The summed E-state index contributed by atoms with van der Waals surface area (Å²) in [6, 6.07) is 0.619. The lowest BCUT2D eigenvalue weighted by molar-refractivity contribution is -0.180. The molecule has 0 bridgehead atoms. The number of hydrogen-bond acceptors (Lipinski definition) is 2. The summed E-state index contributed by atoms with van der Waals surface area (Å²) in [7, 11) is 2.11. The first-order valence-corrected chi connectivity index (χ1v) is 7.22. The lowest BCUT2D eigenvalue weighted by Crippen LogP contribution is -2.50. The van der Waals surface area contributed by atoms with Crippen LogP contribution >= 0.6 is 0 Å².